The number of carbonyl (C=O) groups is 1. The Morgan fingerprint density at radius 2 is 1.83 bits per heavy atom. The third kappa shape index (κ3) is 4.97. The highest BCUT2D eigenvalue weighted by molar-refractivity contribution is 6.68. The number of ether oxygens (including phenoxy) is 1. The van der Waals surface area contributed by atoms with Gasteiger partial charge in [0.25, 0.3) is 5.91 Å². The molecule has 1 fully saturated rings. The second-order valence-electron chi connectivity index (χ2n) is 5.94. The molecule has 1 aliphatic rings. The lowest BCUT2D eigenvalue weighted by molar-refractivity contribution is -0.0826. The van der Waals surface area contributed by atoms with Crippen LogP contribution in [0.15, 0.2) is 24.3 Å². The van der Waals surface area contributed by atoms with E-state index in [9.17, 15) is 4.79 Å². The number of amides is 1. The van der Waals surface area contributed by atoms with Gasteiger partial charge in [-0.1, -0.05) is 53.0 Å². The van der Waals surface area contributed by atoms with Crippen molar-refractivity contribution >= 4 is 40.7 Å². The number of morpholine rings is 1. The molecule has 0 spiro atoms. The van der Waals surface area contributed by atoms with E-state index in [2.05, 4.69) is 5.32 Å². The first-order valence-corrected chi connectivity index (χ1v) is 8.64. The van der Waals surface area contributed by atoms with Gasteiger partial charge in [0.2, 0.25) is 3.79 Å². The maximum atomic E-state index is 12.6. The quantitative estimate of drug-likeness (QED) is 0.817. The topological polar surface area (TPSA) is 41.6 Å². The average Bonchev–Trinajstić information content (AvgIpc) is 2.42. The molecule has 0 unspecified atom stereocenters. The van der Waals surface area contributed by atoms with Crippen LogP contribution >= 0.6 is 34.8 Å². The molecule has 4 nitrogen and oxygen atoms in total. The van der Waals surface area contributed by atoms with Crippen molar-refractivity contribution in [2.75, 3.05) is 13.1 Å². The second-order valence-corrected chi connectivity index (χ2v) is 8.31. The Hall–Kier alpha value is -0.520. The number of carbonyl (C=O) groups excluding carboxylic acids is 1. The maximum absolute atomic E-state index is 12.6. The molecule has 3 atom stereocenters. The van der Waals surface area contributed by atoms with Crippen molar-refractivity contribution in [3.05, 3.63) is 35.4 Å². The molecule has 7 heteroatoms. The van der Waals surface area contributed by atoms with Gasteiger partial charge in [-0.25, -0.2) is 0 Å². The first-order valence-electron chi connectivity index (χ1n) is 7.51. The van der Waals surface area contributed by atoms with Gasteiger partial charge < -0.3 is 10.1 Å². The highest BCUT2D eigenvalue weighted by Crippen LogP contribution is 2.33. The number of nitrogens with one attached hydrogen (secondary N) is 1. The van der Waals surface area contributed by atoms with Gasteiger partial charge in [-0.2, -0.15) is 0 Å². The van der Waals surface area contributed by atoms with Crippen LogP contribution in [0.1, 0.15) is 29.8 Å². The van der Waals surface area contributed by atoms with Crippen LogP contribution in [0.3, 0.4) is 0 Å². The minimum absolute atomic E-state index is 0.00367. The van der Waals surface area contributed by atoms with Crippen molar-refractivity contribution in [1.29, 1.82) is 0 Å². The van der Waals surface area contributed by atoms with Crippen LogP contribution in [0.5, 0.6) is 0 Å². The summed E-state index contributed by atoms with van der Waals surface area (Å²) < 4.78 is 4.06. The molecule has 1 N–H and O–H groups in total. The van der Waals surface area contributed by atoms with Crippen LogP contribution in [0, 0.1) is 6.92 Å². The summed E-state index contributed by atoms with van der Waals surface area (Å²) in [7, 11) is 0. The third-order valence-corrected chi connectivity index (χ3v) is 4.40. The van der Waals surface area contributed by atoms with Crippen molar-refractivity contribution < 1.29 is 9.53 Å². The van der Waals surface area contributed by atoms with Gasteiger partial charge in [-0.15, -0.1) is 0 Å². The molecule has 128 valence electrons. The zero-order valence-electron chi connectivity index (χ0n) is 13.4. The van der Waals surface area contributed by atoms with Gasteiger partial charge in [0.05, 0.1) is 12.2 Å². The lowest BCUT2D eigenvalue weighted by Gasteiger charge is -2.42. The molecular formula is C16H21Cl3N2O2. The Balaban J connectivity index is 2.20. The number of nitrogens with zero attached hydrogens (tertiary/aromatic N) is 1. The Morgan fingerprint density at radius 1 is 1.26 bits per heavy atom. The number of hydrogen-bond donors (Lipinski definition) is 1. The summed E-state index contributed by atoms with van der Waals surface area (Å²) >= 11 is 18.4. The third-order valence-electron chi connectivity index (χ3n) is 3.78. The summed E-state index contributed by atoms with van der Waals surface area (Å²) in [4.78, 5) is 14.5. The average molecular weight is 380 g/mol. The largest absolute Gasteiger partial charge is 0.373 e. The van der Waals surface area contributed by atoms with E-state index in [0.717, 1.165) is 5.56 Å². The summed E-state index contributed by atoms with van der Waals surface area (Å²) in [5, 5.41) is 2.86. The van der Waals surface area contributed by atoms with Crippen molar-refractivity contribution in [2.45, 2.75) is 42.9 Å². The van der Waals surface area contributed by atoms with Crippen LogP contribution in [0.4, 0.5) is 0 Å². The molecule has 1 amide bonds. The number of alkyl halides is 3. The van der Waals surface area contributed by atoms with E-state index in [1.807, 2.05) is 43.9 Å². The fourth-order valence-electron chi connectivity index (χ4n) is 2.84. The number of rotatable bonds is 3. The molecule has 1 heterocycles. The summed E-state index contributed by atoms with van der Waals surface area (Å²) in [5.74, 6) is -0.258. The first kappa shape index (κ1) is 18.8. The minimum Gasteiger partial charge on any atom is -0.373 e. The molecule has 0 saturated carbocycles. The fourth-order valence-corrected chi connectivity index (χ4v) is 3.42. The summed E-state index contributed by atoms with van der Waals surface area (Å²) in [6, 6.07) is 7.32. The Bertz CT molecular complexity index is 553. The molecule has 1 aromatic rings. The van der Waals surface area contributed by atoms with Crippen molar-refractivity contribution in [2.24, 2.45) is 0 Å². The summed E-state index contributed by atoms with van der Waals surface area (Å²) in [5.41, 5.74) is 1.44. The van der Waals surface area contributed by atoms with Gasteiger partial charge in [-0.3, -0.25) is 9.69 Å². The zero-order chi connectivity index (χ0) is 17.2. The smallest absolute Gasteiger partial charge is 0.252 e. The molecule has 23 heavy (non-hydrogen) atoms. The monoisotopic (exact) mass is 378 g/mol. The van der Waals surface area contributed by atoms with Crippen LogP contribution in [-0.2, 0) is 4.74 Å². The van der Waals surface area contributed by atoms with E-state index < -0.39 is 9.96 Å². The molecule has 0 aromatic heterocycles. The molecule has 2 rings (SSSR count). The predicted molar refractivity (Wildman–Crippen MR) is 94.3 cm³/mol. The molecule has 1 saturated heterocycles. The van der Waals surface area contributed by atoms with Crippen LogP contribution in [0.2, 0.25) is 0 Å². The highest BCUT2D eigenvalue weighted by atomic mass is 35.6. The molecular weight excluding hydrogens is 359 g/mol. The van der Waals surface area contributed by atoms with Crippen molar-refractivity contribution in [3.8, 4) is 0 Å². The predicted octanol–water partition coefficient (Wildman–Crippen LogP) is 3.53. The normalized spacial score (nSPS) is 24.3. The van der Waals surface area contributed by atoms with Crippen LogP contribution < -0.4 is 5.32 Å². The lowest BCUT2D eigenvalue weighted by atomic mass is 10.1. The minimum atomic E-state index is -1.64. The second kappa shape index (κ2) is 7.58. The SMILES string of the molecule is Cc1ccccc1C(=O)N[C@H](N1C[C@@H](C)O[C@@H](C)C1)C(Cl)(Cl)Cl. The van der Waals surface area contributed by atoms with Gasteiger partial charge in [-0.05, 0) is 32.4 Å². The summed E-state index contributed by atoms with van der Waals surface area (Å²) in [6.45, 7) is 6.95. The molecule has 1 aliphatic heterocycles. The fraction of sp³-hybridized carbons (Fsp3) is 0.562. The lowest BCUT2D eigenvalue weighted by Crippen LogP contribution is -2.60. The number of aryl methyl sites for hydroxylation is 1. The Morgan fingerprint density at radius 3 is 2.35 bits per heavy atom. The van der Waals surface area contributed by atoms with Gasteiger partial charge in [0.15, 0.2) is 0 Å². The maximum Gasteiger partial charge on any atom is 0.252 e. The van der Waals surface area contributed by atoms with Crippen molar-refractivity contribution in [3.63, 3.8) is 0 Å². The van der Waals surface area contributed by atoms with E-state index in [1.54, 1.807) is 6.07 Å². The molecule has 0 bridgehead atoms. The number of halogens is 3. The van der Waals surface area contributed by atoms with Crippen LogP contribution in [0.25, 0.3) is 0 Å². The van der Waals surface area contributed by atoms with E-state index in [4.69, 9.17) is 39.5 Å². The van der Waals surface area contributed by atoms with E-state index in [1.165, 1.54) is 0 Å². The molecule has 0 aliphatic carbocycles. The molecule has 1 aromatic carbocycles. The van der Waals surface area contributed by atoms with Crippen LogP contribution in [-0.4, -0.2) is 46.1 Å². The zero-order valence-corrected chi connectivity index (χ0v) is 15.6. The number of benzene rings is 1. The van der Waals surface area contributed by atoms with E-state index in [-0.39, 0.29) is 18.1 Å². The van der Waals surface area contributed by atoms with E-state index >= 15 is 0 Å². The Labute approximate surface area is 152 Å². The standard InChI is InChI=1S/C16H21Cl3N2O2/c1-10-6-4-5-7-13(10)14(22)20-15(16(17,18)19)21-8-11(2)23-12(3)9-21/h4-7,11-12,15H,8-9H2,1-3H3,(H,20,22)/t11-,12+,15-/m1/s1. The van der Waals surface area contributed by atoms with Gasteiger partial charge in [0, 0.05) is 18.7 Å². The molecule has 0 radical (unpaired) electrons. The van der Waals surface area contributed by atoms with Gasteiger partial charge >= 0.3 is 0 Å². The number of hydrogen-bond acceptors (Lipinski definition) is 3. The summed E-state index contributed by atoms with van der Waals surface area (Å²) in [6.07, 6.45) is -0.721. The Kier molecular flexibility index (Phi) is 6.20. The first-order chi connectivity index (χ1) is 10.7. The van der Waals surface area contributed by atoms with Gasteiger partial charge in [0.1, 0.15) is 6.17 Å². The van der Waals surface area contributed by atoms with E-state index in [0.29, 0.717) is 18.7 Å². The highest BCUT2D eigenvalue weighted by Gasteiger charge is 2.41. The van der Waals surface area contributed by atoms with Crippen molar-refractivity contribution in [1.82, 2.24) is 10.2 Å².